The predicted octanol–water partition coefficient (Wildman–Crippen LogP) is 0.992. The van der Waals surface area contributed by atoms with E-state index in [9.17, 15) is 8.42 Å². The molecule has 0 spiro atoms. The summed E-state index contributed by atoms with van der Waals surface area (Å²) in [5.41, 5.74) is 6.82. The maximum atomic E-state index is 12.3. The Morgan fingerprint density at radius 3 is 2.74 bits per heavy atom. The summed E-state index contributed by atoms with van der Waals surface area (Å²) < 4.78 is 27.3. The van der Waals surface area contributed by atoms with Gasteiger partial charge in [-0.15, -0.1) is 0 Å². The zero-order valence-electron chi connectivity index (χ0n) is 11.1. The number of nitrogens with two attached hydrogens (primary N) is 1. The van der Waals surface area contributed by atoms with Gasteiger partial charge >= 0.3 is 0 Å². The summed E-state index contributed by atoms with van der Waals surface area (Å²) in [6.45, 7) is 4.14. The van der Waals surface area contributed by atoms with Crippen LogP contribution in [0.1, 0.15) is 24.5 Å². The van der Waals surface area contributed by atoms with Gasteiger partial charge in [0.25, 0.3) is 0 Å². The molecule has 102 valence electrons. The zero-order chi connectivity index (χ0) is 14.0. The fourth-order valence-electron chi connectivity index (χ4n) is 1.87. The first-order valence-electron chi connectivity index (χ1n) is 6.26. The van der Waals surface area contributed by atoms with E-state index in [1.54, 1.807) is 18.2 Å². The molecule has 5 heteroatoms. The summed E-state index contributed by atoms with van der Waals surface area (Å²) in [7, 11) is -3.50. The molecule has 1 aliphatic rings. The zero-order valence-corrected chi connectivity index (χ0v) is 11.9. The van der Waals surface area contributed by atoms with Gasteiger partial charge in [-0.25, -0.2) is 13.1 Å². The van der Waals surface area contributed by atoms with Crippen molar-refractivity contribution in [3.63, 3.8) is 0 Å². The summed E-state index contributed by atoms with van der Waals surface area (Å²) in [6.07, 6.45) is 0.898. The van der Waals surface area contributed by atoms with Crippen LogP contribution in [-0.2, 0) is 10.0 Å². The lowest BCUT2D eigenvalue weighted by molar-refractivity contribution is 0.578. The molecule has 19 heavy (non-hydrogen) atoms. The Labute approximate surface area is 114 Å². The third-order valence-electron chi connectivity index (χ3n) is 3.17. The topological polar surface area (TPSA) is 72.2 Å². The lowest BCUT2D eigenvalue weighted by atomic mass is 10.1. The molecule has 1 aliphatic carbocycles. The van der Waals surface area contributed by atoms with E-state index in [1.165, 1.54) is 0 Å². The van der Waals surface area contributed by atoms with Crippen molar-refractivity contribution in [2.75, 3.05) is 6.54 Å². The van der Waals surface area contributed by atoms with E-state index < -0.39 is 10.0 Å². The third-order valence-corrected chi connectivity index (χ3v) is 4.71. The van der Waals surface area contributed by atoms with Gasteiger partial charge in [-0.05, 0) is 37.0 Å². The van der Waals surface area contributed by atoms with Crippen LogP contribution in [0.3, 0.4) is 0 Å². The van der Waals surface area contributed by atoms with Gasteiger partial charge in [-0.3, -0.25) is 0 Å². The van der Waals surface area contributed by atoms with Crippen molar-refractivity contribution >= 4 is 10.0 Å². The SMILES string of the molecule is Cc1ccc(S(=O)(=O)NC2CC2C)c(C#CCN)c1. The van der Waals surface area contributed by atoms with Crippen LogP contribution in [0, 0.1) is 24.7 Å². The molecule has 3 N–H and O–H groups in total. The summed E-state index contributed by atoms with van der Waals surface area (Å²) in [4.78, 5) is 0.234. The minimum absolute atomic E-state index is 0.0571. The highest BCUT2D eigenvalue weighted by atomic mass is 32.2. The number of aryl methyl sites for hydroxylation is 1. The van der Waals surface area contributed by atoms with Crippen LogP contribution in [-0.4, -0.2) is 21.0 Å². The first kappa shape index (κ1) is 14.1. The summed E-state index contributed by atoms with van der Waals surface area (Å²) in [5.74, 6) is 5.95. The van der Waals surface area contributed by atoms with Gasteiger partial charge in [0.2, 0.25) is 10.0 Å². The monoisotopic (exact) mass is 278 g/mol. The second-order valence-electron chi connectivity index (χ2n) is 4.95. The summed E-state index contributed by atoms with van der Waals surface area (Å²) >= 11 is 0. The number of sulfonamides is 1. The first-order chi connectivity index (χ1) is 8.94. The predicted molar refractivity (Wildman–Crippen MR) is 75.0 cm³/mol. The highest BCUT2D eigenvalue weighted by Crippen LogP contribution is 2.31. The molecule has 0 radical (unpaired) electrons. The highest BCUT2D eigenvalue weighted by molar-refractivity contribution is 7.89. The smallest absolute Gasteiger partial charge is 0.242 e. The van der Waals surface area contributed by atoms with Crippen LogP contribution in [0.15, 0.2) is 23.1 Å². The van der Waals surface area contributed by atoms with Gasteiger partial charge in [0.1, 0.15) is 0 Å². The average Bonchev–Trinajstić information content (AvgIpc) is 3.01. The van der Waals surface area contributed by atoms with E-state index in [2.05, 4.69) is 16.6 Å². The number of benzene rings is 1. The van der Waals surface area contributed by atoms with E-state index in [1.807, 2.05) is 13.8 Å². The van der Waals surface area contributed by atoms with Gasteiger partial charge < -0.3 is 5.73 Å². The van der Waals surface area contributed by atoms with Crippen LogP contribution in [0.2, 0.25) is 0 Å². The van der Waals surface area contributed by atoms with Gasteiger partial charge in [-0.1, -0.05) is 24.8 Å². The normalized spacial score (nSPS) is 21.6. The summed E-state index contributed by atoms with van der Waals surface area (Å²) in [5, 5.41) is 0. The fourth-order valence-corrected chi connectivity index (χ4v) is 3.37. The van der Waals surface area contributed by atoms with Crippen molar-refractivity contribution in [3.8, 4) is 11.8 Å². The molecule has 1 saturated carbocycles. The Kier molecular flexibility index (Phi) is 3.95. The fraction of sp³-hybridized carbons (Fsp3) is 0.429. The molecular weight excluding hydrogens is 260 g/mol. The van der Waals surface area contributed by atoms with Gasteiger partial charge in [0.15, 0.2) is 0 Å². The van der Waals surface area contributed by atoms with E-state index in [0.717, 1.165) is 12.0 Å². The van der Waals surface area contributed by atoms with Crippen LogP contribution in [0.4, 0.5) is 0 Å². The number of hydrogen-bond donors (Lipinski definition) is 2. The van der Waals surface area contributed by atoms with Crippen molar-refractivity contribution in [1.29, 1.82) is 0 Å². The molecule has 1 fully saturated rings. The molecule has 2 unspecified atom stereocenters. The standard InChI is InChI=1S/C14H18N2O2S/c1-10-5-6-14(12(8-10)4-3-7-15)19(17,18)16-13-9-11(13)2/h5-6,8,11,13,16H,7,9,15H2,1-2H3. The Morgan fingerprint density at radius 2 is 2.16 bits per heavy atom. The number of hydrogen-bond acceptors (Lipinski definition) is 3. The number of rotatable bonds is 3. The van der Waals surface area contributed by atoms with Crippen molar-refractivity contribution in [1.82, 2.24) is 4.72 Å². The minimum atomic E-state index is -3.50. The van der Waals surface area contributed by atoms with Crippen molar-refractivity contribution in [2.45, 2.75) is 31.2 Å². The first-order valence-corrected chi connectivity index (χ1v) is 7.74. The van der Waals surface area contributed by atoms with Gasteiger partial charge in [0.05, 0.1) is 11.4 Å². The van der Waals surface area contributed by atoms with Crippen molar-refractivity contribution < 1.29 is 8.42 Å². The quantitative estimate of drug-likeness (QED) is 0.810. The Morgan fingerprint density at radius 1 is 1.47 bits per heavy atom. The Bertz CT molecular complexity index is 641. The van der Waals surface area contributed by atoms with E-state index >= 15 is 0 Å². The average molecular weight is 278 g/mol. The van der Waals surface area contributed by atoms with E-state index in [-0.39, 0.29) is 17.5 Å². The molecule has 2 atom stereocenters. The lowest BCUT2D eigenvalue weighted by Crippen LogP contribution is -2.27. The summed E-state index contributed by atoms with van der Waals surface area (Å²) in [6, 6.07) is 5.21. The molecule has 0 aromatic heterocycles. The lowest BCUT2D eigenvalue weighted by Gasteiger charge is -2.09. The van der Waals surface area contributed by atoms with Gasteiger partial charge in [0, 0.05) is 11.6 Å². The van der Waals surface area contributed by atoms with E-state index in [4.69, 9.17) is 5.73 Å². The molecule has 0 saturated heterocycles. The largest absolute Gasteiger partial charge is 0.320 e. The molecule has 1 aromatic carbocycles. The molecule has 0 amide bonds. The molecule has 0 bridgehead atoms. The number of nitrogens with one attached hydrogen (secondary N) is 1. The van der Waals surface area contributed by atoms with Crippen molar-refractivity contribution in [2.24, 2.45) is 11.7 Å². The van der Waals surface area contributed by atoms with Crippen LogP contribution in [0.5, 0.6) is 0 Å². The molecule has 0 aliphatic heterocycles. The van der Waals surface area contributed by atoms with Crippen LogP contribution in [0.25, 0.3) is 0 Å². The second-order valence-corrected chi connectivity index (χ2v) is 6.63. The second kappa shape index (κ2) is 5.33. The molecule has 1 aromatic rings. The van der Waals surface area contributed by atoms with Crippen molar-refractivity contribution in [3.05, 3.63) is 29.3 Å². The van der Waals surface area contributed by atoms with Crippen LogP contribution < -0.4 is 10.5 Å². The molecular formula is C14H18N2O2S. The maximum absolute atomic E-state index is 12.3. The van der Waals surface area contributed by atoms with E-state index in [0.29, 0.717) is 11.5 Å². The minimum Gasteiger partial charge on any atom is -0.320 e. The Balaban J connectivity index is 2.37. The third kappa shape index (κ3) is 3.35. The van der Waals surface area contributed by atoms with Gasteiger partial charge in [-0.2, -0.15) is 0 Å². The molecule has 4 nitrogen and oxygen atoms in total. The van der Waals surface area contributed by atoms with Crippen LogP contribution >= 0.6 is 0 Å². The highest BCUT2D eigenvalue weighted by Gasteiger charge is 2.36. The molecule has 2 rings (SSSR count). The Hall–Kier alpha value is -1.35. The molecule has 0 heterocycles. The maximum Gasteiger partial charge on any atom is 0.242 e.